The second kappa shape index (κ2) is 5.54. The van der Waals surface area contributed by atoms with Crippen LogP contribution in [0.3, 0.4) is 0 Å². The van der Waals surface area contributed by atoms with E-state index >= 15 is 0 Å². The van der Waals surface area contributed by atoms with Crippen molar-refractivity contribution in [2.75, 3.05) is 0 Å². The predicted molar refractivity (Wildman–Crippen MR) is 86.8 cm³/mol. The van der Waals surface area contributed by atoms with Crippen molar-refractivity contribution in [1.82, 2.24) is 0 Å². The minimum atomic E-state index is -0.509. The quantitative estimate of drug-likeness (QED) is 0.561. The van der Waals surface area contributed by atoms with Gasteiger partial charge in [0.15, 0.2) is 5.96 Å². The summed E-state index contributed by atoms with van der Waals surface area (Å²) in [5, 5.41) is 1.14. The van der Waals surface area contributed by atoms with Crippen molar-refractivity contribution < 1.29 is 9.21 Å². The zero-order valence-corrected chi connectivity index (χ0v) is 12.2. The molecule has 0 atom stereocenters. The summed E-state index contributed by atoms with van der Waals surface area (Å²) < 4.78 is 5.53. The molecule has 0 aliphatic carbocycles. The van der Waals surface area contributed by atoms with Crippen molar-refractivity contribution in [3.05, 3.63) is 59.3 Å². The summed E-state index contributed by atoms with van der Waals surface area (Å²) >= 11 is 6.20. The highest BCUT2D eigenvalue weighted by Gasteiger charge is 2.15. The van der Waals surface area contributed by atoms with E-state index in [2.05, 4.69) is 4.99 Å². The van der Waals surface area contributed by atoms with Gasteiger partial charge in [0, 0.05) is 16.5 Å². The maximum atomic E-state index is 11.9. The molecule has 0 radical (unpaired) electrons. The summed E-state index contributed by atoms with van der Waals surface area (Å²) in [6, 6.07) is 14.4. The van der Waals surface area contributed by atoms with Gasteiger partial charge >= 0.3 is 0 Å². The number of hydrogen-bond donors (Lipinski definition) is 2. The van der Waals surface area contributed by atoms with E-state index in [-0.39, 0.29) is 11.2 Å². The molecule has 0 aliphatic heterocycles. The van der Waals surface area contributed by atoms with Gasteiger partial charge in [-0.3, -0.25) is 4.79 Å². The average molecular weight is 314 g/mol. The number of fused-ring (bicyclic) bond motifs is 1. The van der Waals surface area contributed by atoms with Crippen LogP contribution in [0.5, 0.6) is 0 Å². The molecule has 1 heterocycles. The Balaban J connectivity index is 2.14. The van der Waals surface area contributed by atoms with Gasteiger partial charge in [-0.05, 0) is 35.4 Å². The topological polar surface area (TPSA) is 94.6 Å². The summed E-state index contributed by atoms with van der Waals surface area (Å²) in [6.45, 7) is 0. The number of carbonyl (C=O) groups is 1. The van der Waals surface area contributed by atoms with Crippen LogP contribution in [0.15, 0.2) is 57.9 Å². The zero-order valence-electron chi connectivity index (χ0n) is 11.4. The van der Waals surface area contributed by atoms with Crippen molar-refractivity contribution in [3.8, 4) is 11.1 Å². The number of para-hydroxylation sites is 1. The predicted octanol–water partition coefficient (Wildman–Crippen LogP) is 3.17. The highest BCUT2D eigenvalue weighted by Crippen LogP contribution is 2.38. The molecule has 22 heavy (non-hydrogen) atoms. The Hall–Kier alpha value is -2.79. The Morgan fingerprint density at radius 3 is 2.64 bits per heavy atom. The third kappa shape index (κ3) is 2.54. The van der Waals surface area contributed by atoms with Gasteiger partial charge in [-0.25, -0.2) is 0 Å². The van der Waals surface area contributed by atoms with Crippen LogP contribution in [0, 0.1) is 0 Å². The van der Waals surface area contributed by atoms with E-state index in [4.69, 9.17) is 27.5 Å². The number of benzene rings is 2. The number of carbonyl (C=O) groups excluding carboxylic acids is 1. The molecule has 0 saturated carbocycles. The van der Waals surface area contributed by atoms with Crippen LogP contribution < -0.4 is 11.5 Å². The SMILES string of the molecule is NC(N)=NC(=O)c1cccc(-c2c(Cl)oc3ccccc23)c1. The van der Waals surface area contributed by atoms with E-state index in [0.29, 0.717) is 11.1 Å². The number of amides is 1. The van der Waals surface area contributed by atoms with Crippen molar-refractivity contribution in [2.45, 2.75) is 0 Å². The Bertz CT molecular complexity index is 895. The Morgan fingerprint density at radius 2 is 1.86 bits per heavy atom. The van der Waals surface area contributed by atoms with Crippen molar-refractivity contribution in [2.24, 2.45) is 16.5 Å². The third-order valence-electron chi connectivity index (χ3n) is 3.18. The largest absolute Gasteiger partial charge is 0.444 e. The lowest BCUT2D eigenvalue weighted by molar-refractivity contribution is 0.100. The Labute approximate surface area is 131 Å². The number of halogens is 1. The van der Waals surface area contributed by atoms with Crippen molar-refractivity contribution in [3.63, 3.8) is 0 Å². The molecule has 1 amide bonds. The molecule has 3 rings (SSSR count). The van der Waals surface area contributed by atoms with Crippen LogP contribution in [-0.2, 0) is 0 Å². The molecule has 1 aromatic heterocycles. The molecule has 0 bridgehead atoms. The molecule has 3 aromatic rings. The first-order valence-electron chi connectivity index (χ1n) is 6.47. The third-order valence-corrected chi connectivity index (χ3v) is 3.45. The molecule has 0 unspecified atom stereocenters. The first-order chi connectivity index (χ1) is 10.6. The molecule has 2 aromatic carbocycles. The molecule has 0 fully saturated rings. The molecular weight excluding hydrogens is 302 g/mol. The highest BCUT2D eigenvalue weighted by atomic mass is 35.5. The number of furan rings is 1. The molecule has 0 spiro atoms. The number of guanidine groups is 1. The van der Waals surface area contributed by atoms with Gasteiger partial charge in [0.1, 0.15) is 5.58 Å². The maximum Gasteiger partial charge on any atom is 0.280 e. The first-order valence-corrected chi connectivity index (χ1v) is 6.85. The lowest BCUT2D eigenvalue weighted by atomic mass is 10.0. The summed E-state index contributed by atoms with van der Waals surface area (Å²) in [6.07, 6.45) is 0. The van der Waals surface area contributed by atoms with E-state index in [9.17, 15) is 4.79 Å². The Morgan fingerprint density at radius 1 is 1.09 bits per heavy atom. The second-order valence-electron chi connectivity index (χ2n) is 4.67. The van der Waals surface area contributed by atoms with Crippen molar-refractivity contribution in [1.29, 1.82) is 0 Å². The summed E-state index contributed by atoms with van der Waals surface area (Å²) in [7, 11) is 0. The fourth-order valence-electron chi connectivity index (χ4n) is 2.27. The monoisotopic (exact) mass is 313 g/mol. The van der Waals surface area contributed by atoms with E-state index in [1.54, 1.807) is 18.2 Å². The first kappa shape index (κ1) is 14.2. The van der Waals surface area contributed by atoms with Gasteiger partial charge in [-0.15, -0.1) is 0 Å². The fourth-order valence-corrected chi connectivity index (χ4v) is 2.57. The van der Waals surface area contributed by atoms with E-state index in [1.165, 1.54) is 0 Å². The number of nitrogens with two attached hydrogens (primary N) is 2. The molecular formula is C16H12ClN3O2. The summed E-state index contributed by atoms with van der Waals surface area (Å²) in [4.78, 5) is 15.5. The smallest absolute Gasteiger partial charge is 0.280 e. The van der Waals surface area contributed by atoms with Gasteiger partial charge in [-0.1, -0.05) is 30.3 Å². The lowest BCUT2D eigenvalue weighted by Crippen LogP contribution is -2.24. The molecule has 0 saturated heterocycles. The van der Waals surface area contributed by atoms with Crippen LogP contribution >= 0.6 is 11.6 Å². The number of rotatable bonds is 2. The Kier molecular flexibility index (Phi) is 3.56. The number of aliphatic imine (C=N–C) groups is 1. The van der Waals surface area contributed by atoms with Gasteiger partial charge < -0.3 is 15.9 Å². The van der Waals surface area contributed by atoms with Crippen LogP contribution in [0.4, 0.5) is 0 Å². The van der Waals surface area contributed by atoms with Crippen LogP contribution in [0.25, 0.3) is 22.1 Å². The molecule has 110 valence electrons. The minimum Gasteiger partial charge on any atom is -0.444 e. The lowest BCUT2D eigenvalue weighted by Gasteiger charge is -2.02. The van der Waals surface area contributed by atoms with Gasteiger partial charge in [-0.2, -0.15) is 4.99 Å². The number of nitrogens with zero attached hydrogens (tertiary/aromatic N) is 1. The minimum absolute atomic E-state index is 0.271. The summed E-state index contributed by atoms with van der Waals surface area (Å²) in [5.74, 6) is -0.784. The van der Waals surface area contributed by atoms with Crippen LogP contribution in [0.1, 0.15) is 10.4 Å². The van der Waals surface area contributed by atoms with E-state index < -0.39 is 5.91 Å². The van der Waals surface area contributed by atoms with E-state index in [0.717, 1.165) is 16.5 Å². The van der Waals surface area contributed by atoms with Gasteiger partial charge in [0.2, 0.25) is 5.22 Å². The maximum absolute atomic E-state index is 11.9. The molecule has 5 nitrogen and oxygen atoms in total. The fraction of sp³-hybridized carbons (Fsp3) is 0. The van der Waals surface area contributed by atoms with Crippen LogP contribution in [0.2, 0.25) is 5.22 Å². The second-order valence-corrected chi connectivity index (χ2v) is 5.01. The van der Waals surface area contributed by atoms with Gasteiger partial charge in [0.05, 0.1) is 0 Å². The highest BCUT2D eigenvalue weighted by molar-refractivity contribution is 6.33. The van der Waals surface area contributed by atoms with Gasteiger partial charge in [0.25, 0.3) is 5.91 Å². The molecule has 0 aliphatic rings. The average Bonchev–Trinajstić information content (AvgIpc) is 2.82. The van der Waals surface area contributed by atoms with Crippen LogP contribution in [-0.4, -0.2) is 11.9 Å². The summed E-state index contributed by atoms with van der Waals surface area (Å²) in [5.41, 5.74) is 13.0. The normalized spacial score (nSPS) is 10.6. The zero-order chi connectivity index (χ0) is 15.7. The molecule has 4 N–H and O–H groups in total. The standard InChI is InChI=1S/C16H12ClN3O2/c17-14-13(11-6-1-2-7-12(11)22-14)9-4-3-5-10(8-9)15(21)20-16(18)19/h1-8H,(H4,18,19,20,21). The van der Waals surface area contributed by atoms with Crippen molar-refractivity contribution >= 4 is 34.4 Å². The van der Waals surface area contributed by atoms with E-state index in [1.807, 2.05) is 30.3 Å². The number of hydrogen-bond acceptors (Lipinski definition) is 2. The molecule has 6 heteroatoms.